The van der Waals surface area contributed by atoms with Gasteiger partial charge < -0.3 is 23.9 Å². The van der Waals surface area contributed by atoms with Crippen molar-refractivity contribution in [2.75, 3.05) is 38.4 Å². The molecule has 9 nitrogen and oxygen atoms in total. The quantitative estimate of drug-likeness (QED) is 0.333. The molecule has 1 aliphatic rings. The zero-order chi connectivity index (χ0) is 24.6. The Morgan fingerprint density at radius 2 is 1.91 bits per heavy atom. The number of amides is 2. The van der Waals surface area contributed by atoms with Gasteiger partial charge in [0.1, 0.15) is 17.3 Å². The van der Waals surface area contributed by atoms with Crippen molar-refractivity contribution in [1.29, 1.82) is 0 Å². The fraction of sp³-hybridized carbons (Fsp3) is 0.269. The van der Waals surface area contributed by atoms with E-state index >= 15 is 0 Å². The second kappa shape index (κ2) is 11.3. The van der Waals surface area contributed by atoms with E-state index in [1.54, 1.807) is 49.6 Å². The van der Waals surface area contributed by atoms with Crippen LogP contribution in [0.1, 0.15) is 33.1 Å². The van der Waals surface area contributed by atoms with Gasteiger partial charge in [-0.2, -0.15) is 0 Å². The first-order valence-corrected chi connectivity index (χ1v) is 11.2. The van der Waals surface area contributed by atoms with Gasteiger partial charge in [-0.1, -0.05) is 18.2 Å². The average Bonchev–Trinajstić information content (AvgIpc) is 3.36. The molecule has 9 heteroatoms. The van der Waals surface area contributed by atoms with Crippen molar-refractivity contribution >= 4 is 23.3 Å². The predicted octanol–water partition coefficient (Wildman–Crippen LogP) is 3.23. The standard InChI is InChI=1S/C26H26N2O7/c1-32-13-5-12-27-26(31)24-11-9-20(35-24)15-28-21-14-18(8-10-23(21)34-17-25(28)30)22(29)16-33-19-6-3-2-4-7-19/h2-4,6-11,14H,5,12-13,15-17H2,1H3,(H,27,31). The minimum absolute atomic E-state index is 0.0876. The van der Waals surface area contributed by atoms with E-state index in [4.69, 9.17) is 18.6 Å². The lowest BCUT2D eigenvalue weighted by molar-refractivity contribution is -0.121. The summed E-state index contributed by atoms with van der Waals surface area (Å²) in [5.74, 6) is 0.790. The predicted molar refractivity (Wildman–Crippen MR) is 127 cm³/mol. The molecule has 2 aromatic carbocycles. The first-order chi connectivity index (χ1) is 17.0. The molecule has 0 bridgehead atoms. The van der Waals surface area contributed by atoms with Crippen molar-refractivity contribution in [2.24, 2.45) is 0 Å². The zero-order valence-electron chi connectivity index (χ0n) is 19.3. The van der Waals surface area contributed by atoms with Crippen LogP contribution in [0.15, 0.2) is 65.1 Å². The van der Waals surface area contributed by atoms with Gasteiger partial charge >= 0.3 is 0 Å². The number of carbonyl (C=O) groups is 3. The van der Waals surface area contributed by atoms with Gasteiger partial charge in [0, 0.05) is 25.8 Å². The third-order valence-electron chi connectivity index (χ3n) is 5.35. The van der Waals surface area contributed by atoms with Crippen LogP contribution in [0.5, 0.6) is 11.5 Å². The van der Waals surface area contributed by atoms with Crippen molar-refractivity contribution in [2.45, 2.75) is 13.0 Å². The van der Waals surface area contributed by atoms with Crippen LogP contribution in [0.4, 0.5) is 5.69 Å². The van der Waals surface area contributed by atoms with Crippen molar-refractivity contribution in [3.8, 4) is 11.5 Å². The van der Waals surface area contributed by atoms with Gasteiger partial charge in [0.15, 0.2) is 24.8 Å². The first-order valence-electron chi connectivity index (χ1n) is 11.2. The van der Waals surface area contributed by atoms with Crippen LogP contribution in [-0.4, -0.2) is 51.1 Å². The summed E-state index contributed by atoms with van der Waals surface area (Å²) in [5, 5.41) is 2.76. The topological polar surface area (TPSA) is 107 Å². The number of methoxy groups -OCH3 is 1. The highest BCUT2D eigenvalue weighted by atomic mass is 16.5. The molecule has 2 amide bonds. The molecule has 1 aromatic heterocycles. The molecule has 0 atom stereocenters. The molecule has 1 aliphatic heterocycles. The highest BCUT2D eigenvalue weighted by molar-refractivity contribution is 6.02. The maximum Gasteiger partial charge on any atom is 0.286 e. The van der Waals surface area contributed by atoms with E-state index in [1.807, 2.05) is 18.2 Å². The summed E-state index contributed by atoms with van der Waals surface area (Å²) in [6, 6.07) is 17.2. The molecule has 0 fully saturated rings. The third kappa shape index (κ3) is 6.07. The van der Waals surface area contributed by atoms with Crippen molar-refractivity contribution in [3.05, 3.63) is 77.7 Å². The van der Waals surface area contributed by atoms with Crippen molar-refractivity contribution in [1.82, 2.24) is 5.32 Å². The Morgan fingerprint density at radius 3 is 2.71 bits per heavy atom. The number of rotatable bonds is 11. The maximum absolute atomic E-state index is 12.7. The summed E-state index contributed by atoms with van der Waals surface area (Å²) in [5.41, 5.74) is 0.840. The van der Waals surface area contributed by atoms with E-state index in [2.05, 4.69) is 5.32 Å². The van der Waals surface area contributed by atoms with E-state index in [0.29, 0.717) is 48.1 Å². The molecule has 3 aromatic rings. The fourth-order valence-electron chi connectivity index (χ4n) is 3.54. The monoisotopic (exact) mass is 478 g/mol. The average molecular weight is 479 g/mol. The van der Waals surface area contributed by atoms with Crippen LogP contribution in [0.2, 0.25) is 0 Å². The zero-order valence-corrected chi connectivity index (χ0v) is 19.3. The number of hydrogen-bond acceptors (Lipinski definition) is 7. The van der Waals surface area contributed by atoms with Gasteiger partial charge in [-0.25, -0.2) is 0 Å². The lowest BCUT2D eigenvalue weighted by atomic mass is 10.1. The van der Waals surface area contributed by atoms with Crippen LogP contribution in [0.3, 0.4) is 0 Å². The number of carbonyl (C=O) groups excluding carboxylic acids is 3. The highest BCUT2D eigenvalue weighted by Crippen LogP contribution is 2.34. The van der Waals surface area contributed by atoms with Gasteiger partial charge in [0.2, 0.25) is 0 Å². The van der Waals surface area contributed by atoms with Crippen LogP contribution in [0.25, 0.3) is 0 Å². The number of anilines is 1. The van der Waals surface area contributed by atoms with Crippen LogP contribution in [0, 0.1) is 0 Å². The molecule has 35 heavy (non-hydrogen) atoms. The first kappa shape index (κ1) is 24.0. The molecular weight excluding hydrogens is 452 g/mol. The summed E-state index contributed by atoms with van der Waals surface area (Å²) in [6.45, 7) is 0.821. The normalized spacial score (nSPS) is 12.6. The number of Topliss-reactive ketones (excluding diaryl/α,β-unsaturated/α-hetero) is 1. The van der Waals surface area contributed by atoms with Gasteiger partial charge in [0.05, 0.1) is 12.2 Å². The number of para-hydroxylation sites is 1. The number of ether oxygens (including phenoxy) is 3. The molecule has 1 N–H and O–H groups in total. The second-order valence-corrected chi connectivity index (χ2v) is 7.84. The number of hydrogen-bond donors (Lipinski definition) is 1. The highest BCUT2D eigenvalue weighted by Gasteiger charge is 2.28. The van der Waals surface area contributed by atoms with Gasteiger partial charge in [-0.05, 0) is 48.9 Å². The Balaban J connectivity index is 1.44. The summed E-state index contributed by atoms with van der Waals surface area (Å²) in [7, 11) is 1.60. The molecule has 0 radical (unpaired) electrons. The van der Waals surface area contributed by atoms with E-state index in [1.165, 1.54) is 4.90 Å². The summed E-state index contributed by atoms with van der Waals surface area (Å²) < 4.78 is 21.7. The SMILES string of the molecule is COCCCNC(=O)c1ccc(CN2C(=O)COc3ccc(C(=O)COc4ccccc4)cc32)o1. The van der Waals surface area contributed by atoms with Crippen molar-refractivity contribution in [3.63, 3.8) is 0 Å². The number of fused-ring (bicyclic) bond motifs is 1. The molecular formula is C26H26N2O7. The molecule has 0 spiro atoms. The minimum Gasteiger partial charge on any atom is -0.485 e. The fourth-order valence-corrected chi connectivity index (χ4v) is 3.54. The van der Waals surface area contributed by atoms with E-state index in [0.717, 1.165) is 0 Å². The van der Waals surface area contributed by atoms with E-state index < -0.39 is 0 Å². The number of furan rings is 1. The molecule has 4 rings (SSSR count). The Bertz CT molecular complexity index is 1190. The van der Waals surface area contributed by atoms with Crippen molar-refractivity contribution < 1.29 is 33.0 Å². The van der Waals surface area contributed by atoms with Gasteiger partial charge in [-0.3, -0.25) is 19.3 Å². The summed E-state index contributed by atoms with van der Waals surface area (Å²) >= 11 is 0. The smallest absolute Gasteiger partial charge is 0.286 e. The third-order valence-corrected chi connectivity index (χ3v) is 5.35. The summed E-state index contributed by atoms with van der Waals surface area (Å²) in [4.78, 5) is 39.1. The van der Waals surface area contributed by atoms with Crippen LogP contribution < -0.4 is 19.7 Å². The Morgan fingerprint density at radius 1 is 1.09 bits per heavy atom. The molecule has 0 unspecified atom stereocenters. The molecule has 182 valence electrons. The maximum atomic E-state index is 12.7. The molecule has 0 aliphatic carbocycles. The lowest BCUT2D eigenvalue weighted by Gasteiger charge is -2.29. The Labute approximate surface area is 202 Å². The Hall–Kier alpha value is -4.11. The lowest BCUT2D eigenvalue weighted by Crippen LogP contribution is -2.38. The molecule has 0 saturated carbocycles. The largest absolute Gasteiger partial charge is 0.485 e. The van der Waals surface area contributed by atoms with Gasteiger partial charge in [0.25, 0.3) is 11.8 Å². The summed E-state index contributed by atoms with van der Waals surface area (Å²) in [6.07, 6.45) is 0.687. The molecule has 2 heterocycles. The van der Waals surface area contributed by atoms with Gasteiger partial charge in [-0.15, -0.1) is 0 Å². The minimum atomic E-state index is -0.340. The van der Waals surface area contributed by atoms with Crippen LogP contribution in [-0.2, 0) is 16.1 Å². The van der Waals surface area contributed by atoms with E-state index in [9.17, 15) is 14.4 Å². The number of nitrogens with one attached hydrogen (secondary N) is 1. The molecule has 0 saturated heterocycles. The number of benzene rings is 2. The van der Waals surface area contributed by atoms with E-state index in [-0.39, 0.29) is 43.1 Å². The van der Waals surface area contributed by atoms with Crippen LogP contribution >= 0.6 is 0 Å². The number of nitrogens with zero attached hydrogens (tertiary/aromatic N) is 1. The Kier molecular flexibility index (Phi) is 7.79. The second-order valence-electron chi connectivity index (χ2n) is 7.84. The number of ketones is 1.